The van der Waals surface area contributed by atoms with Gasteiger partial charge in [-0.25, -0.2) is 17.2 Å². The number of carbonyl (C=O) groups excluding carboxylic acids is 2. The first kappa shape index (κ1) is 31.7. The molecule has 4 rings (SSSR count). The molecule has 43 heavy (non-hydrogen) atoms. The van der Waals surface area contributed by atoms with Crippen LogP contribution in [0, 0.1) is 11.6 Å². The summed E-state index contributed by atoms with van der Waals surface area (Å²) in [5, 5.41) is 2.88. The van der Waals surface area contributed by atoms with Gasteiger partial charge in [-0.1, -0.05) is 19.1 Å². The second-order valence-electron chi connectivity index (χ2n) is 11.1. The second-order valence-corrected chi connectivity index (χ2v) is 13.0. The van der Waals surface area contributed by atoms with Crippen molar-refractivity contribution in [3.63, 3.8) is 0 Å². The summed E-state index contributed by atoms with van der Waals surface area (Å²) in [6.07, 6.45) is 0.223. The molecule has 230 valence electrons. The summed E-state index contributed by atoms with van der Waals surface area (Å²) >= 11 is 0. The van der Waals surface area contributed by atoms with Crippen molar-refractivity contribution in [3.8, 4) is 11.5 Å². The van der Waals surface area contributed by atoms with Crippen molar-refractivity contribution in [1.29, 1.82) is 0 Å². The van der Waals surface area contributed by atoms with E-state index in [1.807, 2.05) is 0 Å². The Kier molecular flexibility index (Phi) is 9.59. The largest absolute Gasteiger partial charge is 0.486 e. The Morgan fingerprint density at radius 2 is 1.49 bits per heavy atom. The average Bonchev–Trinajstić information content (AvgIpc) is 2.96. The summed E-state index contributed by atoms with van der Waals surface area (Å²) in [6, 6.07) is 13.3. The lowest BCUT2D eigenvalue weighted by molar-refractivity contribution is -0.141. The van der Waals surface area contributed by atoms with E-state index in [0.29, 0.717) is 17.9 Å². The molecule has 0 aromatic heterocycles. The fraction of sp³-hybridized carbons (Fsp3) is 0.355. The van der Waals surface area contributed by atoms with Crippen LogP contribution in [0.15, 0.2) is 71.6 Å². The number of hydrogen-bond donors (Lipinski definition) is 1. The number of carbonyl (C=O) groups is 2. The minimum atomic E-state index is -4.41. The van der Waals surface area contributed by atoms with E-state index >= 15 is 0 Å². The molecular weight excluding hydrogens is 580 g/mol. The van der Waals surface area contributed by atoms with Gasteiger partial charge < -0.3 is 19.7 Å². The first-order valence-corrected chi connectivity index (χ1v) is 15.3. The smallest absolute Gasteiger partial charge is 0.264 e. The van der Waals surface area contributed by atoms with Crippen LogP contribution in [0.3, 0.4) is 0 Å². The third-order valence-corrected chi connectivity index (χ3v) is 8.42. The maximum Gasteiger partial charge on any atom is 0.264 e. The van der Waals surface area contributed by atoms with Crippen LogP contribution < -0.4 is 19.1 Å². The number of hydrogen-bond acceptors (Lipinski definition) is 6. The lowest BCUT2D eigenvalue weighted by Gasteiger charge is -2.34. The molecule has 0 bridgehead atoms. The molecule has 0 aliphatic carbocycles. The number of anilines is 1. The van der Waals surface area contributed by atoms with Gasteiger partial charge in [0.25, 0.3) is 10.0 Å². The highest BCUT2D eigenvalue weighted by atomic mass is 32.2. The number of rotatable bonds is 10. The molecule has 1 aliphatic heterocycles. The van der Waals surface area contributed by atoms with Crippen LogP contribution in [0.5, 0.6) is 11.5 Å². The lowest BCUT2D eigenvalue weighted by atomic mass is 10.1. The van der Waals surface area contributed by atoms with Crippen molar-refractivity contribution in [2.45, 2.75) is 57.1 Å². The number of nitrogens with zero attached hydrogens (tertiary/aromatic N) is 2. The van der Waals surface area contributed by atoms with Crippen LogP contribution in [0.1, 0.15) is 39.7 Å². The van der Waals surface area contributed by atoms with Crippen molar-refractivity contribution in [2.24, 2.45) is 0 Å². The zero-order valence-corrected chi connectivity index (χ0v) is 25.3. The summed E-state index contributed by atoms with van der Waals surface area (Å²) in [7, 11) is -4.41. The summed E-state index contributed by atoms with van der Waals surface area (Å²) in [5.74, 6) is -1.54. The van der Waals surface area contributed by atoms with Gasteiger partial charge in [0.1, 0.15) is 37.4 Å². The van der Waals surface area contributed by atoms with Gasteiger partial charge in [-0.2, -0.15) is 0 Å². The van der Waals surface area contributed by atoms with Crippen molar-refractivity contribution in [3.05, 3.63) is 83.9 Å². The Balaban J connectivity index is 1.75. The fourth-order valence-corrected chi connectivity index (χ4v) is 6.04. The van der Waals surface area contributed by atoms with E-state index in [9.17, 15) is 26.8 Å². The molecule has 0 saturated carbocycles. The number of sulfonamides is 1. The van der Waals surface area contributed by atoms with Gasteiger partial charge in [0.2, 0.25) is 11.8 Å². The van der Waals surface area contributed by atoms with Crippen LogP contribution in [0.2, 0.25) is 0 Å². The van der Waals surface area contributed by atoms with Crippen LogP contribution in [-0.4, -0.2) is 56.5 Å². The van der Waals surface area contributed by atoms with E-state index in [4.69, 9.17) is 9.47 Å². The zero-order valence-electron chi connectivity index (χ0n) is 24.5. The lowest BCUT2D eigenvalue weighted by Crippen LogP contribution is -2.55. The predicted octanol–water partition coefficient (Wildman–Crippen LogP) is 4.65. The quantitative estimate of drug-likeness (QED) is 0.356. The van der Waals surface area contributed by atoms with Crippen molar-refractivity contribution in [1.82, 2.24) is 10.2 Å². The normalized spacial score (nSPS) is 13.6. The Hall–Kier alpha value is -4.19. The van der Waals surface area contributed by atoms with Gasteiger partial charge in [-0.3, -0.25) is 13.9 Å². The topological polar surface area (TPSA) is 105 Å². The van der Waals surface area contributed by atoms with Crippen molar-refractivity contribution >= 4 is 27.5 Å². The number of ether oxygens (including phenoxy) is 2. The van der Waals surface area contributed by atoms with E-state index < -0.39 is 51.6 Å². The van der Waals surface area contributed by atoms with Crippen LogP contribution >= 0.6 is 0 Å². The van der Waals surface area contributed by atoms with Gasteiger partial charge in [0.05, 0.1) is 10.6 Å². The Bertz CT molecular complexity index is 1560. The number of amides is 2. The van der Waals surface area contributed by atoms with Crippen LogP contribution in [0.25, 0.3) is 0 Å². The molecule has 3 aromatic rings. The van der Waals surface area contributed by atoms with Crippen LogP contribution in [-0.2, 0) is 26.2 Å². The summed E-state index contributed by atoms with van der Waals surface area (Å²) in [4.78, 5) is 28.6. The number of nitrogens with one attached hydrogen (secondary N) is 1. The standard InChI is InChI=1S/C31H35F2N3O6S/c1-5-26(30(38)34-31(2,3)4)35(19-21-6-8-22(32)9-7-21)29(37)20-36(24-12-10-23(33)11-13-24)43(39,40)25-14-15-27-28(18-25)42-17-16-41-27/h6-15,18,26H,5,16-17,19-20H2,1-4H3,(H,34,38)/t26-/m1/s1. The van der Waals surface area contributed by atoms with Gasteiger partial charge in [-0.15, -0.1) is 0 Å². The molecule has 2 amide bonds. The highest BCUT2D eigenvalue weighted by Crippen LogP contribution is 2.34. The third-order valence-electron chi connectivity index (χ3n) is 6.65. The molecule has 9 nitrogen and oxygen atoms in total. The fourth-order valence-electron chi connectivity index (χ4n) is 4.61. The molecule has 0 radical (unpaired) electrons. The second kappa shape index (κ2) is 13.0. The molecule has 0 spiro atoms. The molecule has 1 atom stereocenters. The van der Waals surface area contributed by atoms with Crippen LogP contribution in [0.4, 0.5) is 14.5 Å². The number of benzene rings is 3. The van der Waals surface area contributed by atoms with Gasteiger partial charge in [0.15, 0.2) is 11.5 Å². The molecule has 0 fully saturated rings. The average molecular weight is 616 g/mol. The highest BCUT2D eigenvalue weighted by molar-refractivity contribution is 7.92. The van der Waals surface area contributed by atoms with E-state index in [1.165, 1.54) is 59.5 Å². The van der Waals surface area contributed by atoms with E-state index in [0.717, 1.165) is 16.4 Å². The summed E-state index contributed by atoms with van der Waals surface area (Å²) in [6.45, 7) is 6.92. The van der Waals surface area contributed by atoms with Gasteiger partial charge in [0, 0.05) is 18.2 Å². The Morgan fingerprint density at radius 1 is 0.907 bits per heavy atom. The number of halogens is 2. The molecule has 1 N–H and O–H groups in total. The Labute approximate surface area is 250 Å². The van der Waals surface area contributed by atoms with Crippen molar-refractivity contribution < 1.29 is 36.3 Å². The Morgan fingerprint density at radius 3 is 2.07 bits per heavy atom. The van der Waals surface area contributed by atoms with Gasteiger partial charge >= 0.3 is 0 Å². The SMILES string of the molecule is CC[C@H](C(=O)NC(C)(C)C)N(Cc1ccc(F)cc1)C(=O)CN(c1ccc(F)cc1)S(=O)(=O)c1ccc2c(c1)OCCO2. The molecular formula is C31H35F2N3O6S. The molecule has 3 aromatic carbocycles. The minimum Gasteiger partial charge on any atom is -0.486 e. The zero-order chi connectivity index (χ0) is 31.4. The minimum absolute atomic E-state index is 0.0403. The summed E-state index contributed by atoms with van der Waals surface area (Å²) < 4.78 is 67.6. The monoisotopic (exact) mass is 615 g/mol. The third kappa shape index (κ3) is 7.81. The van der Waals surface area contributed by atoms with E-state index in [-0.39, 0.29) is 35.9 Å². The van der Waals surface area contributed by atoms with E-state index in [2.05, 4.69) is 5.32 Å². The van der Waals surface area contributed by atoms with E-state index in [1.54, 1.807) is 27.7 Å². The first-order chi connectivity index (χ1) is 20.3. The first-order valence-electron chi connectivity index (χ1n) is 13.8. The molecule has 1 heterocycles. The maximum atomic E-state index is 14.1. The van der Waals surface area contributed by atoms with Crippen molar-refractivity contribution in [2.75, 3.05) is 24.1 Å². The molecule has 0 saturated heterocycles. The maximum absolute atomic E-state index is 14.1. The molecule has 1 aliphatic rings. The summed E-state index contributed by atoms with van der Waals surface area (Å²) in [5.41, 5.74) is -0.0186. The van der Waals surface area contributed by atoms with Gasteiger partial charge in [-0.05, 0) is 81.3 Å². The molecule has 12 heteroatoms. The molecule has 0 unspecified atom stereocenters. The predicted molar refractivity (Wildman–Crippen MR) is 157 cm³/mol. The highest BCUT2D eigenvalue weighted by Gasteiger charge is 2.35. The number of fused-ring (bicyclic) bond motifs is 1.